The van der Waals surface area contributed by atoms with Crippen LogP contribution in [0.15, 0.2) is 30.5 Å². The first-order valence-corrected chi connectivity index (χ1v) is 4.98. The molecule has 2 rings (SSSR count). The topological polar surface area (TPSA) is 53.4 Å². The van der Waals surface area contributed by atoms with Gasteiger partial charge in [0.05, 0.1) is 12.3 Å². The van der Waals surface area contributed by atoms with Gasteiger partial charge in [-0.15, -0.1) is 5.10 Å². The van der Waals surface area contributed by atoms with Gasteiger partial charge >= 0.3 is 6.16 Å². The first-order chi connectivity index (χ1) is 7.66. The average Bonchev–Trinajstić information content (AvgIpc) is 2.61. The van der Waals surface area contributed by atoms with Crippen molar-refractivity contribution in [3.05, 3.63) is 30.5 Å². The molecule has 1 heterocycles. The molecule has 0 fully saturated rings. The summed E-state index contributed by atoms with van der Waals surface area (Å²) in [5, 5.41) is 4.84. The first-order valence-electron chi connectivity index (χ1n) is 4.98. The second-order valence-corrected chi connectivity index (χ2v) is 3.58. The van der Waals surface area contributed by atoms with Crippen molar-refractivity contribution in [1.82, 2.24) is 9.94 Å². The fourth-order valence-corrected chi connectivity index (χ4v) is 1.31. The molecular weight excluding hydrogens is 208 g/mol. The fourth-order valence-electron chi connectivity index (χ4n) is 1.31. The highest BCUT2D eigenvalue weighted by molar-refractivity contribution is 5.78. The lowest BCUT2D eigenvalue weighted by Crippen LogP contribution is -2.24. The van der Waals surface area contributed by atoms with E-state index in [1.807, 2.05) is 24.3 Å². The zero-order valence-corrected chi connectivity index (χ0v) is 9.08. The maximum Gasteiger partial charge on any atom is 0.535 e. The Morgan fingerprint density at radius 3 is 2.88 bits per heavy atom. The van der Waals surface area contributed by atoms with Gasteiger partial charge in [0.1, 0.15) is 5.52 Å². The largest absolute Gasteiger partial charge is 0.535 e. The van der Waals surface area contributed by atoms with Crippen LogP contribution in [0.4, 0.5) is 4.79 Å². The van der Waals surface area contributed by atoms with Gasteiger partial charge in [-0.3, -0.25) is 4.84 Å². The Labute approximate surface area is 92.5 Å². The van der Waals surface area contributed by atoms with Gasteiger partial charge < -0.3 is 4.74 Å². The van der Waals surface area contributed by atoms with E-state index < -0.39 is 6.16 Å². The Kier molecular flexibility index (Phi) is 2.76. The van der Waals surface area contributed by atoms with Gasteiger partial charge in [-0.25, -0.2) is 4.79 Å². The lowest BCUT2D eigenvalue weighted by molar-refractivity contribution is 0.0229. The van der Waals surface area contributed by atoms with E-state index >= 15 is 0 Å². The molecule has 5 nitrogen and oxygen atoms in total. The highest BCUT2D eigenvalue weighted by Gasteiger charge is 2.10. The van der Waals surface area contributed by atoms with Crippen LogP contribution in [0.1, 0.15) is 13.8 Å². The number of para-hydroxylation sites is 1. The van der Waals surface area contributed by atoms with E-state index in [1.54, 1.807) is 20.0 Å². The molecule has 5 heteroatoms. The third-order valence-electron chi connectivity index (χ3n) is 1.94. The van der Waals surface area contributed by atoms with Crippen LogP contribution in [0.25, 0.3) is 10.9 Å². The molecule has 0 atom stereocenters. The summed E-state index contributed by atoms with van der Waals surface area (Å²) in [4.78, 5) is 17.3. The van der Waals surface area contributed by atoms with Crippen molar-refractivity contribution in [3.8, 4) is 0 Å². The van der Waals surface area contributed by atoms with Gasteiger partial charge in [-0.1, -0.05) is 23.0 Å². The predicted octanol–water partition coefficient (Wildman–Crippen LogP) is 2.01. The Hall–Kier alpha value is -2.04. The van der Waals surface area contributed by atoms with Crippen LogP contribution < -0.4 is 4.84 Å². The number of nitrogens with zero attached hydrogens (tertiary/aromatic N) is 2. The molecule has 84 valence electrons. The molecule has 1 aromatic carbocycles. The molecule has 0 aliphatic rings. The number of aromatic nitrogens is 2. The smallest absolute Gasteiger partial charge is 0.430 e. The lowest BCUT2D eigenvalue weighted by atomic mass is 10.3. The van der Waals surface area contributed by atoms with E-state index in [4.69, 9.17) is 9.57 Å². The molecular formula is C11H12N2O3. The number of rotatable bonds is 2. The van der Waals surface area contributed by atoms with E-state index in [1.165, 1.54) is 0 Å². The Bertz CT molecular complexity index is 505. The van der Waals surface area contributed by atoms with E-state index in [-0.39, 0.29) is 6.10 Å². The van der Waals surface area contributed by atoms with Crippen molar-refractivity contribution < 1.29 is 14.4 Å². The second-order valence-electron chi connectivity index (χ2n) is 3.58. The summed E-state index contributed by atoms with van der Waals surface area (Å²) >= 11 is 0. The van der Waals surface area contributed by atoms with Crippen LogP contribution >= 0.6 is 0 Å². The maximum atomic E-state index is 11.3. The SMILES string of the molecule is CC(C)OC(=O)On1ncc2ccccc21. The molecule has 2 aromatic rings. The van der Waals surface area contributed by atoms with Crippen molar-refractivity contribution in [2.45, 2.75) is 20.0 Å². The normalized spacial score (nSPS) is 10.7. The van der Waals surface area contributed by atoms with E-state index in [2.05, 4.69) is 5.10 Å². The van der Waals surface area contributed by atoms with Crippen LogP contribution in [0.2, 0.25) is 0 Å². The third-order valence-corrected chi connectivity index (χ3v) is 1.94. The van der Waals surface area contributed by atoms with Crippen molar-refractivity contribution in [2.75, 3.05) is 0 Å². The summed E-state index contributed by atoms with van der Waals surface area (Å²) in [6, 6.07) is 7.43. The number of fused-ring (bicyclic) bond motifs is 1. The molecule has 0 bridgehead atoms. The van der Waals surface area contributed by atoms with Crippen molar-refractivity contribution in [3.63, 3.8) is 0 Å². The number of carbonyl (C=O) groups excluding carboxylic acids is 1. The first kappa shape index (κ1) is 10.5. The zero-order valence-electron chi connectivity index (χ0n) is 9.08. The molecule has 16 heavy (non-hydrogen) atoms. The van der Waals surface area contributed by atoms with Gasteiger partial charge in [-0.05, 0) is 19.9 Å². The van der Waals surface area contributed by atoms with Gasteiger partial charge in [0.15, 0.2) is 0 Å². The minimum Gasteiger partial charge on any atom is -0.430 e. The van der Waals surface area contributed by atoms with E-state index in [9.17, 15) is 4.79 Å². The average molecular weight is 220 g/mol. The van der Waals surface area contributed by atoms with Crippen molar-refractivity contribution >= 4 is 17.1 Å². The molecule has 0 amide bonds. The monoisotopic (exact) mass is 220 g/mol. The van der Waals surface area contributed by atoms with Crippen molar-refractivity contribution in [2.24, 2.45) is 0 Å². The van der Waals surface area contributed by atoms with Gasteiger partial charge in [0, 0.05) is 5.39 Å². The number of hydrogen-bond donors (Lipinski definition) is 0. The Balaban J connectivity index is 2.18. The highest BCUT2D eigenvalue weighted by atomic mass is 16.8. The third kappa shape index (κ3) is 2.13. The minimum absolute atomic E-state index is 0.214. The molecule has 1 aromatic heterocycles. The molecule has 0 N–H and O–H groups in total. The Morgan fingerprint density at radius 2 is 2.12 bits per heavy atom. The van der Waals surface area contributed by atoms with Crippen LogP contribution in [0.5, 0.6) is 0 Å². The van der Waals surface area contributed by atoms with Crippen LogP contribution in [0, 0.1) is 0 Å². The maximum absolute atomic E-state index is 11.3. The summed E-state index contributed by atoms with van der Waals surface area (Å²) < 4.78 is 4.85. The number of hydrogen-bond acceptors (Lipinski definition) is 4. The highest BCUT2D eigenvalue weighted by Crippen LogP contribution is 2.11. The molecule has 0 aliphatic carbocycles. The van der Waals surface area contributed by atoms with Gasteiger partial charge in [0.25, 0.3) is 0 Å². The van der Waals surface area contributed by atoms with Crippen molar-refractivity contribution in [1.29, 1.82) is 0 Å². The summed E-state index contributed by atoms with van der Waals surface area (Å²) in [6.07, 6.45) is 0.649. The molecule has 0 saturated heterocycles. The van der Waals surface area contributed by atoms with Crippen LogP contribution in [-0.2, 0) is 4.74 Å². The summed E-state index contributed by atoms with van der Waals surface area (Å²) in [6.45, 7) is 3.50. The second kappa shape index (κ2) is 4.22. The zero-order chi connectivity index (χ0) is 11.5. The van der Waals surface area contributed by atoms with E-state index in [0.717, 1.165) is 15.7 Å². The minimum atomic E-state index is -0.760. The summed E-state index contributed by atoms with van der Waals surface area (Å²) in [5.74, 6) is 0. The quantitative estimate of drug-likeness (QED) is 0.726. The number of carbonyl (C=O) groups is 1. The standard InChI is InChI=1S/C11H12N2O3/c1-8(2)15-11(14)16-13-10-6-4-3-5-9(10)7-12-13/h3-8H,1-2H3. The van der Waals surface area contributed by atoms with Crippen LogP contribution in [0.3, 0.4) is 0 Å². The summed E-state index contributed by atoms with van der Waals surface area (Å²) in [7, 11) is 0. The van der Waals surface area contributed by atoms with Gasteiger partial charge in [-0.2, -0.15) is 0 Å². The molecule has 0 unspecified atom stereocenters. The predicted molar refractivity (Wildman–Crippen MR) is 57.9 cm³/mol. The molecule has 0 radical (unpaired) electrons. The molecule has 0 spiro atoms. The lowest BCUT2D eigenvalue weighted by Gasteiger charge is -2.07. The van der Waals surface area contributed by atoms with Crippen LogP contribution in [-0.4, -0.2) is 22.2 Å². The molecule has 0 saturated carbocycles. The van der Waals surface area contributed by atoms with E-state index in [0.29, 0.717) is 0 Å². The summed E-state index contributed by atoms with van der Waals surface area (Å²) in [5.41, 5.74) is 0.725. The number of benzene rings is 1. The number of ether oxygens (including phenoxy) is 1. The van der Waals surface area contributed by atoms with Gasteiger partial charge in [0.2, 0.25) is 0 Å². The molecule has 0 aliphatic heterocycles. The Morgan fingerprint density at radius 1 is 1.38 bits per heavy atom. The fraction of sp³-hybridized carbons (Fsp3) is 0.273.